The first-order valence-corrected chi connectivity index (χ1v) is 9.88. The smallest absolute Gasteiger partial charge is 0.224 e. The fourth-order valence-electron chi connectivity index (χ4n) is 4.16. The van der Waals surface area contributed by atoms with Gasteiger partial charge in [-0.15, -0.1) is 0 Å². The van der Waals surface area contributed by atoms with E-state index in [1.807, 2.05) is 12.4 Å². The van der Waals surface area contributed by atoms with Crippen molar-refractivity contribution >= 4 is 5.91 Å². The Balaban J connectivity index is 1.43. The van der Waals surface area contributed by atoms with Crippen LogP contribution in [0.25, 0.3) is 0 Å². The molecule has 2 aliphatic heterocycles. The van der Waals surface area contributed by atoms with Gasteiger partial charge in [-0.1, -0.05) is 0 Å². The molecule has 3 heterocycles. The van der Waals surface area contributed by atoms with Crippen LogP contribution in [-0.2, 0) is 16.1 Å². The molecular weight excluding hydrogens is 328 g/mol. The molecule has 3 rings (SSSR count). The maximum Gasteiger partial charge on any atom is 0.224 e. The molecule has 1 atom stereocenters. The summed E-state index contributed by atoms with van der Waals surface area (Å²) in [4.78, 5) is 21.5. The van der Waals surface area contributed by atoms with E-state index in [-0.39, 0.29) is 11.8 Å². The normalized spacial score (nSPS) is 23.0. The Morgan fingerprint density at radius 1 is 1.23 bits per heavy atom. The number of nitrogens with zero attached hydrogens (tertiary/aromatic N) is 3. The number of rotatable bonds is 7. The maximum atomic E-state index is 12.3. The van der Waals surface area contributed by atoms with Crippen LogP contribution in [0.15, 0.2) is 24.5 Å². The predicted molar refractivity (Wildman–Crippen MR) is 102 cm³/mol. The van der Waals surface area contributed by atoms with Crippen LogP contribution in [0.2, 0.25) is 0 Å². The molecule has 1 amide bonds. The van der Waals surface area contributed by atoms with Crippen molar-refractivity contribution in [3.63, 3.8) is 0 Å². The molecule has 0 bridgehead atoms. The average Bonchev–Trinajstić information content (AvgIpc) is 2.69. The van der Waals surface area contributed by atoms with E-state index in [1.54, 1.807) is 7.11 Å². The quantitative estimate of drug-likeness (QED) is 0.747. The maximum absolute atomic E-state index is 12.3. The molecule has 0 radical (unpaired) electrons. The first-order chi connectivity index (χ1) is 12.8. The third-order valence-corrected chi connectivity index (χ3v) is 5.66. The zero-order chi connectivity index (χ0) is 18.2. The summed E-state index contributed by atoms with van der Waals surface area (Å²) in [6.07, 6.45) is 8.27. The lowest BCUT2D eigenvalue weighted by Crippen LogP contribution is -2.50. The van der Waals surface area contributed by atoms with Gasteiger partial charge in [0, 0.05) is 45.2 Å². The predicted octanol–water partition coefficient (Wildman–Crippen LogP) is 1.52. The van der Waals surface area contributed by atoms with Gasteiger partial charge in [-0.25, -0.2) is 0 Å². The fourth-order valence-corrected chi connectivity index (χ4v) is 4.16. The monoisotopic (exact) mass is 360 g/mol. The number of carbonyl (C=O) groups excluding carboxylic acids is 1. The molecule has 2 fully saturated rings. The molecule has 1 aromatic rings. The Bertz CT molecular complexity index is 546. The molecule has 0 spiro atoms. The van der Waals surface area contributed by atoms with Crippen LogP contribution in [0.4, 0.5) is 0 Å². The summed E-state index contributed by atoms with van der Waals surface area (Å²) in [6, 6.07) is 4.82. The Morgan fingerprint density at radius 2 is 2.00 bits per heavy atom. The van der Waals surface area contributed by atoms with Gasteiger partial charge in [0.05, 0.1) is 12.5 Å². The minimum absolute atomic E-state index is 0.135. The van der Waals surface area contributed by atoms with Gasteiger partial charge in [-0.3, -0.25) is 19.6 Å². The van der Waals surface area contributed by atoms with E-state index in [4.69, 9.17) is 4.74 Å². The molecule has 0 aliphatic carbocycles. The number of aromatic nitrogens is 1. The summed E-state index contributed by atoms with van der Waals surface area (Å²) in [7, 11) is 1.66. The molecule has 6 heteroatoms. The number of methoxy groups -OCH3 is 1. The summed E-state index contributed by atoms with van der Waals surface area (Å²) in [5.41, 5.74) is 1.34. The van der Waals surface area contributed by atoms with Gasteiger partial charge < -0.3 is 10.1 Å². The van der Waals surface area contributed by atoms with Crippen molar-refractivity contribution in [1.29, 1.82) is 0 Å². The first kappa shape index (κ1) is 19.3. The third kappa shape index (κ3) is 5.50. The minimum atomic E-state index is 0.135. The molecule has 2 saturated heterocycles. The second kappa shape index (κ2) is 10.00. The zero-order valence-electron chi connectivity index (χ0n) is 15.9. The van der Waals surface area contributed by atoms with Crippen LogP contribution in [0, 0.1) is 5.92 Å². The molecule has 2 aliphatic rings. The van der Waals surface area contributed by atoms with Gasteiger partial charge in [0.1, 0.15) is 0 Å². The summed E-state index contributed by atoms with van der Waals surface area (Å²) in [5, 5.41) is 3.01. The number of ether oxygens (including phenoxy) is 1. The van der Waals surface area contributed by atoms with Crippen LogP contribution in [-0.4, -0.2) is 73.2 Å². The summed E-state index contributed by atoms with van der Waals surface area (Å²) in [6.45, 7) is 6.52. The number of piperidine rings is 2. The molecule has 6 nitrogen and oxygen atoms in total. The highest BCUT2D eigenvalue weighted by Crippen LogP contribution is 2.24. The van der Waals surface area contributed by atoms with Gasteiger partial charge >= 0.3 is 0 Å². The van der Waals surface area contributed by atoms with Gasteiger partial charge in [0.2, 0.25) is 5.91 Å². The SMILES string of the molecule is COCCNC(=O)[C@@H]1CCCN(C2CCN(Cc3ccncc3)CC2)C1. The van der Waals surface area contributed by atoms with Crippen LogP contribution in [0.1, 0.15) is 31.2 Å². The van der Waals surface area contributed by atoms with E-state index in [1.165, 1.54) is 18.4 Å². The largest absolute Gasteiger partial charge is 0.383 e. The number of hydrogen-bond acceptors (Lipinski definition) is 5. The first-order valence-electron chi connectivity index (χ1n) is 9.88. The van der Waals surface area contributed by atoms with E-state index in [2.05, 4.69) is 32.2 Å². The molecule has 0 unspecified atom stereocenters. The van der Waals surface area contributed by atoms with Crippen molar-refractivity contribution < 1.29 is 9.53 Å². The van der Waals surface area contributed by atoms with Crippen molar-refractivity contribution in [2.45, 2.75) is 38.3 Å². The lowest BCUT2D eigenvalue weighted by Gasteiger charge is -2.42. The van der Waals surface area contributed by atoms with E-state index in [0.717, 1.165) is 45.6 Å². The van der Waals surface area contributed by atoms with Gasteiger partial charge in [0.15, 0.2) is 0 Å². The van der Waals surface area contributed by atoms with E-state index in [9.17, 15) is 4.79 Å². The van der Waals surface area contributed by atoms with E-state index >= 15 is 0 Å². The summed E-state index contributed by atoms with van der Waals surface area (Å²) in [5.74, 6) is 0.331. The second-order valence-electron chi connectivity index (χ2n) is 7.48. The summed E-state index contributed by atoms with van der Waals surface area (Å²) < 4.78 is 5.02. The van der Waals surface area contributed by atoms with Gasteiger partial charge in [-0.05, 0) is 63.0 Å². The number of nitrogens with one attached hydrogen (secondary N) is 1. The Hall–Kier alpha value is -1.50. The van der Waals surface area contributed by atoms with Crippen LogP contribution in [0.3, 0.4) is 0 Å². The van der Waals surface area contributed by atoms with Crippen LogP contribution < -0.4 is 5.32 Å². The van der Waals surface area contributed by atoms with E-state index in [0.29, 0.717) is 19.2 Å². The van der Waals surface area contributed by atoms with Crippen LogP contribution >= 0.6 is 0 Å². The summed E-state index contributed by atoms with van der Waals surface area (Å²) >= 11 is 0. The Morgan fingerprint density at radius 3 is 2.73 bits per heavy atom. The lowest BCUT2D eigenvalue weighted by molar-refractivity contribution is -0.127. The van der Waals surface area contributed by atoms with Crippen LogP contribution in [0.5, 0.6) is 0 Å². The standard InChI is InChI=1S/C20H32N4O2/c1-26-14-10-22-20(25)18-3-2-11-24(16-18)19-6-12-23(13-7-19)15-17-4-8-21-9-5-17/h4-5,8-9,18-19H,2-3,6-7,10-16H2,1H3,(H,22,25)/t18-/m1/s1. The molecule has 1 N–H and O–H groups in total. The zero-order valence-corrected chi connectivity index (χ0v) is 15.9. The second-order valence-corrected chi connectivity index (χ2v) is 7.48. The molecule has 1 aromatic heterocycles. The number of carbonyl (C=O) groups is 1. The van der Waals surface area contributed by atoms with Crippen molar-refractivity contribution in [3.8, 4) is 0 Å². The number of pyridine rings is 1. The Kier molecular flexibility index (Phi) is 7.41. The lowest BCUT2D eigenvalue weighted by atomic mass is 9.93. The molecule has 26 heavy (non-hydrogen) atoms. The average molecular weight is 361 g/mol. The highest BCUT2D eigenvalue weighted by atomic mass is 16.5. The molecule has 144 valence electrons. The van der Waals surface area contributed by atoms with Crippen molar-refractivity contribution in [1.82, 2.24) is 20.1 Å². The highest BCUT2D eigenvalue weighted by Gasteiger charge is 2.31. The fraction of sp³-hybridized carbons (Fsp3) is 0.700. The van der Waals surface area contributed by atoms with Crippen molar-refractivity contribution in [3.05, 3.63) is 30.1 Å². The number of hydrogen-bond donors (Lipinski definition) is 1. The van der Waals surface area contributed by atoms with Gasteiger partial charge in [0.25, 0.3) is 0 Å². The molecular formula is C20H32N4O2. The number of likely N-dealkylation sites (tertiary alicyclic amines) is 2. The minimum Gasteiger partial charge on any atom is -0.383 e. The topological polar surface area (TPSA) is 57.7 Å². The van der Waals surface area contributed by atoms with Crippen molar-refractivity contribution in [2.24, 2.45) is 5.92 Å². The molecule has 0 saturated carbocycles. The Labute approximate surface area is 156 Å². The van der Waals surface area contributed by atoms with E-state index < -0.39 is 0 Å². The van der Waals surface area contributed by atoms with Crippen molar-refractivity contribution in [2.75, 3.05) is 46.4 Å². The van der Waals surface area contributed by atoms with Gasteiger partial charge in [-0.2, -0.15) is 0 Å². The number of amides is 1. The third-order valence-electron chi connectivity index (χ3n) is 5.66. The highest BCUT2D eigenvalue weighted by molar-refractivity contribution is 5.78. The molecule has 0 aromatic carbocycles.